The standard InChI is InChI=1S/C56H66N6O6/c1-5-23-65-51-43-11-9-12-44(51)32-48-28-42(38-62-56(64)60-36-40-17-21-58-22-18-40)30-50(54(48)68-26-8-4)34-46-14-10-13-45(52(46)66-24-6-2)33-49-29-41(27-47(31-43)53(49)67-25-7-3)37-61-55(63)59-35-39-15-19-57-20-16-39/h9-22,27-30H,5-8,23-26,31-38H2,1-4H3,(H2,59,61,63)(H2,60,62,64). The number of urea groups is 2. The number of aromatic nitrogens is 2. The summed E-state index contributed by atoms with van der Waals surface area (Å²) in [5, 5.41) is 12.2. The van der Waals surface area contributed by atoms with Gasteiger partial charge in [0.2, 0.25) is 0 Å². The van der Waals surface area contributed by atoms with Gasteiger partial charge in [-0.25, -0.2) is 9.59 Å². The van der Waals surface area contributed by atoms with Gasteiger partial charge in [-0.15, -0.1) is 0 Å². The van der Waals surface area contributed by atoms with Crippen molar-refractivity contribution >= 4 is 12.1 Å². The van der Waals surface area contributed by atoms with E-state index >= 15 is 0 Å². The van der Waals surface area contributed by atoms with Gasteiger partial charge in [-0.2, -0.15) is 0 Å². The summed E-state index contributed by atoms with van der Waals surface area (Å²) in [6.07, 6.45) is 12.4. The molecule has 4 N–H and O–H groups in total. The summed E-state index contributed by atoms with van der Waals surface area (Å²) in [4.78, 5) is 34.6. The Balaban J connectivity index is 1.34. The molecule has 7 rings (SSSR count). The first-order valence-electron chi connectivity index (χ1n) is 24.2. The maximum absolute atomic E-state index is 13.2. The molecule has 4 aromatic carbocycles. The SMILES string of the molecule is CCCOc1c2cccc1Cc1cc(CNC(=O)NCc3ccncc3)cc(c1OCCC)Cc1cccc(c1OCCC)Cc1cc(CNC(=O)NCc3ccncc3)cc(c1OCCC)C2. The van der Waals surface area contributed by atoms with Crippen LogP contribution < -0.4 is 40.2 Å². The molecule has 2 heterocycles. The molecule has 12 nitrogen and oxygen atoms in total. The lowest BCUT2D eigenvalue weighted by molar-refractivity contribution is 0.239. The normalized spacial score (nSPS) is 11.8. The van der Waals surface area contributed by atoms with E-state index in [-0.39, 0.29) is 12.1 Å². The number of amides is 4. The molecule has 0 fully saturated rings. The zero-order valence-corrected chi connectivity index (χ0v) is 40.0. The molecule has 0 radical (unpaired) electrons. The van der Waals surface area contributed by atoms with Crippen LogP contribution in [0, 0.1) is 0 Å². The van der Waals surface area contributed by atoms with Crippen molar-refractivity contribution in [1.82, 2.24) is 31.2 Å². The molecule has 1 aliphatic rings. The lowest BCUT2D eigenvalue weighted by Crippen LogP contribution is -2.34. The minimum atomic E-state index is -0.259. The van der Waals surface area contributed by atoms with Gasteiger partial charge < -0.3 is 40.2 Å². The second kappa shape index (κ2) is 25.2. The van der Waals surface area contributed by atoms with E-state index in [0.717, 1.165) is 115 Å². The van der Waals surface area contributed by atoms with E-state index in [2.05, 4.69) is 120 Å². The van der Waals surface area contributed by atoms with Crippen LogP contribution in [0.3, 0.4) is 0 Å². The number of carbonyl (C=O) groups is 2. The first-order valence-corrected chi connectivity index (χ1v) is 24.2. The zero-order valence-electron chi connectivity index (χ0n) is 40.0. The average molecular weight is 919 g/mol. The van der Waals surface area contributed by atoms with E-state index in [1.807, 2.05) is 24.3 Å². The Morgan fingerprint density at radius 1 is 0.397 bits per heavy atom. The fraction of sp³-hybridized carbons (Fsp3) is 0.357. The van der Waals surface area contributed by atoms with Gasteiger partial charge in [0, 0.05) is 76.6 Å². The molecule has 6 aromatic rings. The van der Waals surface area contributed by atoms with Gasteiger partial charge in [0.15, 0.2) is 0 Å². The molecule has 0 atom stereocenters. The van der Waals surface area contributed by atoms with E-state index in [4.69, 9.17) is 18.9 Å². The summed E-state index contributed by atoms with van der Waals surface area (Å²) in [6, 6.07) is 28.5. The number of benzene rings is 4. The van der Waals surface area contributed by atoms with Crippen molar-refractivity contribution in [2.75, 3.05) is 26.4 Å². The third kappa shape index (κ3) is 13.5. The summed E-state index contributed by atoms with van der Waals surface area (Å²) >= 11 is 0. The van der Waals surface area contributed by atoms with E-state index in [1.165, 1.54) is 0 Å². The quantitative estimate of drug-likeness (QED) is 0.0592. The number of nitrogens with zero attached hydrogens (tertiary/aromatic N) is 2. The number of ether oxygens (including phenoxy) is 4. The Hall–Kier alpha value is -7.08. The number of pyridine rings is 2. The molecule has 0 unspecified atom stereocenters. The van der Waals surface area contributed by atoms with Gasteiger partial charge in [0.1, 0.15) is 23.0 Å². The Labute approximate surface area is 401 Å². The van der Waals surface area contributed by atoms with Crippen molar-refractivity contribution in [3.63, 3.8) is 0 Å². The van der Waals surface area contributed by atoms with Gasteiger partial charge in [-0.05, 0) is 141 Å². The number of para-hydroxylation sites is 2. The van der Waals surface area contributed by atoms with Crippen LogP contribution in [0.2, 0.25) is 0 Å². The van der Waals surface area contributed by atoms with E-state index in [9.17, 15) is 9.59 Å². The Morgan fingerprint density at radius 3 is 0.941 bits per heavy atom. The minimum Gasteiger partial charge on any atom is -0.493 e. The monoisotopic (exact) mass is 919 g/mol. The Bertz CT molecular complexity index is 2320. The number of rotatable bonds is 20. The summed E-state index contributed by atoms with van der Waals surface area (Å²) in [7, 11) is 0. The van der Waals surface area contributed by atoms with Crippen LogP contribution in [0.1, 0.15) is 120 Å². The Kier molecular flexibility index (Phi) is 18.1. The fourth-order valence-electron chi connectivity index (χ4n) is 8.45. The zero-order chi connectivity index (χ0) is 47.5. The van der Waals surface area contributed by atoms with Crippen LogP contribution in [-0.4, -0.2) is 48.5 Å². The molecular weight excluding hydrogens is 853 g/mol. The van der Waals surface area contributed by atoms with E-state index in [1.54, 1.807) is 24.8 Å². The van der Waals surface area contributed by atoms with Gasteiger partial charge in [0.25, 0.3) is 0 Å². The number of fused-ring (bicyclic) bond motifs is 8. The van der Waals surface area contributed by atoms with E-state index in [0.29, 0.717) is 78.3 Å². The lowest BCUT2D eigenvalue weighted by atomic mass is 9.89. The highest BCUT2D eigenvalue weighted by atomic mass is 16.5. The van der Waals surface area contributed by atoms with Crippen LogP contribution in [0.4, 0.5) is 9.59 Å². The Morgan fingerprint density at radius 2 is 0.662 bits per heavy atom. The minimum absolute atomic E-state index is 0.259. The number of carbonyl (C=O) groups excluding carboxylic acids is 2. The van der Waals surface area contributed by atoms with Gasteiger partial charge in [-0.1, -0.05) is 64.1 Å². The van der Waals surface area contributed by atoms with Crippen molar-refractivity contribution in [3.8, 4) is 23.0 Å². The summed E-state index contributed by atoms with van der Waals surface area (Å²) < 4.78 is 27.0. The molecule has 12 heteroatoms. The lowest BCUT2D eigenvalue weighted by Gasteiger charge is -2.24. The van der Waals surface area contributed by atoms with Gasteiger partial charge in [-0.3, -0.25) is 9.97 Å². The van der Waals surface area contributed by atoms with Crippen molar-refractivity contribution in [2.24, 2.45) is 0 Å². The van der Waals surface area contributed by atoms with Gasteiger partial charge >= 0.3 is 12.1 Å². The maximum atomic E-state index is 13.2. The van der Waals surface area contributed by atoms with Crippen molar-refractivity contribution in [3.05, 3.63) is 176 Å². The fourth-order valence-corrected chi connectivity index (χ4v) is 8.45. The van der Waals surface area contributed by atoms with Crippen molar-refractivity contribution < 1.29 is 28.5 Å². The predicted octanol–water partition coefficient (Wildman–Crippen LogP) is 10.3. The molecule has 0 saturated heterocycles. The molecule has 356 valence electrons. The number of hydrogen-bond acceptors (Lipinski definition) is 8. The highest BCUT2D eigenvalue weighted by molar-refractivity contribution is 5.74. The largest absolute Gasteiger partial charge is 0.493 e. The molecule has 0 aliphatic heterocycles. The van der Waals surface area contributed by atoms with Crippen LogP contribution in [-0.2, 0) is 51.9 Å². The highest BCUT2D eigenvalue weighted by Gasteiger charge is 2.23. The molecule has 1 aliphatic carbocycles. The van der Waals surface area contributed by atoms with Crippen molar-refractivity contribution in [1.29, 1.82) is 0 Å². The molecule has 2 aromatic heterocycles. The predicted molar refractivity (Wildman–Crippen MR) is 267 cm³/mol. The maximum Gasteiger partial charge on any atom is 0.315 e. The molecule has 68 heavy (non-hydrogen) atoms. The summed E-state index contributed by atoms with van der Waals surface area (Å²) in [6.45, 7) is 12.1. The molecule has 0 spiro atoms. The van der Waals surface area contributed by atoms with E-state index < -0.39 is 0 Å². The number of nitrogens with one attached hydrogen (secondary N) is 4. The summed E-state index contributed by atoms with van der Waals surface area (Å²) in [5.74, 6) is 3.36. The smallest absolute Gasteiger partial charge is 0.315 e. The van der Waals surface area contributed by atoms with Crippen molar-refractivity contribution in [2.45, 2.75) is 105 Å². The molecular formula is C56H66N6O6. The second-order valence-electron chi connectivity index (χ2n) is 17.2. The average Bonchev–Trinajstić information content (AvgIpc) is 3.35. The van der Waals surface area contributed by atoms with Crippen LogP contribution in [0.25, 0.3) is 0 Å². The second-order valence-corrected chi connectivity index (χ2v) is 17.2. The highest BCUT2D eigenvalue weighted by Crippen LogP contribution is 2.40. The molecule has 8 bridgehead atoms. The molecule has 0 saturated carbocycles. The third-order valence-electron chi connectivity index (χ3n) is 11.6. The topological polar surface area (TPSA) is 145 Å². The van der Waals surface area contributed by atoms with Crippen LogP contribution in [0.15, 0.2) is 110 Å². The van der Waals surface area contributed by atoms with Crippen LogP contribution >= 0.6 is 0 Å². The first kappa shape index (κ1) is 48.8. The molecule has 4 amide bonds. The third-order valence-corrected chi connectivity index (χ3v) is 11.6. The van der Waals surface area contributed by atoms with Crippen LogP contribution in [0.5, 0.6) is 23.0 Å². The first-order chi connectivity index (χ1) is 33.3. The van der Waals surface area contributed by atoms with Gasteiger partial charge in [0.05, 0.1) is 26.4 Å². The number of hydrogen-bond donors (Lipinski definition) is 4. The summed E-state index contributed by atoms with van der Waals surface area (Å²) in [5.41, 5.74) is 12.0.